The summed E-state index contributed by atoms with van der Waals surface area (Å²) in [5, 5.41) is 0. The predicted octanol–water partition coefficient (Wildman–Crippen LogP) is 14.5. The van der Waals surface area contributed by atoms with Gasteiger partial charge < -0.3 is 14.2 Å². The Morgan fingerprint density at radius 3 is 0.772 bits per heavy atom. The predicted molar refractivity (Wildman–Crippen MR) is 305 cm³/mol. The normalized spacial score (nSPS) is 11.7. The van der Waals surface area contributed by atoms with Crippen molar-refractivity contribution < 1.29 is 47.9 Å². The summed E-state index contributed by atoms with van der Waals surface area (Å²) in [4.78, 5) is 1.34. The van der Waals surface area contributed by atoms with E-state index in [2.05, 4.69) is 0 Å². The summed E-state index contributed by atoms with van der Waals surface area (Å²) >= 11 is 0. The molecule has 0 aromatic heterocycles. The van der Waals surface area contributed by atoms with Crippen molar-refractivity contribution in [1.82, 2.24) is 0 Å². The van der Waals surface area contributed by atoms with Gasteiger partial charge in [-0.1, -0.05) is 102 Å². The molecule has 10 rings (SSSR count). The molecule has 0 atom stereocenters. The molecule has 0 aliphatic rings. The van der Waals surface area contributed by atoms with E-state index in [1.165, 1.54) is 24.3 Å². The van der Waals surface area contributed by atoms with Gasteiger partial charge in [0.15, 0.2) is 9.84 Å². The second kappa shape index (κ2) is 23.6. The number of aryl methyl sites for hydroxylation is 2. The molecule has 10 aromatic carbocycles. The maximum absolute atomic E-state index is 13.2. The van der Waals surface area contributed by atoms with Gasteiger partial charge in [-0.05, 0) is 200 Å². The average Bonchev–Trinajstić information content (AvgIpc) is 3.49. The van der Waals surface area contributed by atoms with E-state index in [0.717, 1.165) is 51.1 Å². The molecule has 398 valence electrons. The lowest BCUT2D eigenvalue weighted by Crippen LogP contribution is -2.02. The first-order valence-corrected chi connectivity index (χ1v) is 31.0. The third-order valence-electron chi connectivity index (χ3n) is 12.6. The van der Waals surface area contributed by atoms with E-state index in [4.69, 9.17) is 14.2 Å². The van der Waals surface area contributed by atoms with Crippen molar-refractivity contribution in [1.29, 1.82) is 0 Å². The molecule has 15 heteroatoms. The highest BCUT2D eigenvalue weighted by Crippen LogP contribution is 2.32. The number of hydrogen-bond donors (Lipinski definition) is 0. The molecule has 0 heterocycles. The maximum Gasteiger partial charge on any atom is 0.206 e. The maximum atomic E-state index is 13.2. The molecular formula is C64H52O11S4. The molecule has 11 nitrogen and oxygen atoms in total. The number of benzene rings is 10. The van der Waals surface area contributed by atoms with Crippen molar-refractivity contribution in [2.45, 2.75) is 54.5 Å². The van der Waals surface area contributed by atoms with Gasteiger partial charge >= 0.3 is 0 Å². The van der Waals surface area contributed by atoms with Crippen LogP contribution in [0.25, 0.3) is 11.1 Å². The zero-order chi connectivity index (χ0) is 55.8. The van der Waals surface area contributed by atoms with Crippen molar-refractivity contribution in [2.75, 3.05) is 6.26 Å². The molecule has 0 fully saturated rings. The van der Waals surface area contributed by atoms with Crippen LogP contribution >= 0.6 is 0 Å². The van der Waals surface area contributed by atoms with E-state index < -0.39 is 39.3 Å². The van der Waals surface area contributed by atoms with Crippen molar-refractivity contribution in [3.05, 3.63) is 271 Å². The molecule has 0 saturated carbocycles. The molecule has 0 N–H and O–H groups in total. The second-order valence-electron chi connectivity index (χ2n) is 18.5. The minimum absolute atomic E-state index is 0.100. The van der Waals surface area contributed by atoms with Gasteiger partial charge in [-0.2, -0.15) is 0 Å². The zero-order valence-corrected chi connectivity index (χ0v) is 46.3. The van der Waals surface area contributed by atoms with E-state index in [-0.39, 0.29) is 34.3 Å². The summed E-state index contributed by atoms with van der Waals surface area (Å²) < 4.78 is 119. The first-order valence-electron chi connectivity index (χ1n) is 24.7. The van der Waals surface area contributed by atoms with Gasteiger partial charge in [-0.25, -0.2) is 33.7 Å². The third kappa shape index (κ3) is 13.8. The molecule has 0 unspecified atom stereocenters. The minimum atomic E-state index is -3.78. The number of rotatable bonds is 16. The third-order valence-corrected chi connectivity index (χ3v) is 19.0. The minimum Gasteiger partial charge on any atom is -0.457 e. The van der Waals surface area contributed by atoms with Crippen LogP contribution in [0.3, 0.4) is 0 Å². The monoisotopic (exact) mass is 1120 g/mol. The van der Waals surface area contributed by atoms with Gasteiger partial charge in [0.2, 0.25) is 29.5 Å². The average molecular weight is 1130 g/mol. The molecule has 0 bridgehead atoms. The zero-order valence-electron chi connectivity index (χ0n) is 43.0. The van der Waals surface area contributed by atoms with Crippen molar-refractivity contribution in [2.24, 2.45) is 0 Å². The highest BCUT2D eigenvalue weighted by atomic mass is 32.2. The van der Waals surface area contributed by atoms with Crippen LogP contribution in [-0.4, -0.2) is 39.9 Å². The summed E-state index contributed by atoms with van der Waals surface area (Å²) in [5.74, 6) is 3.60. The van der Waals surface area contributed by atoms with Gasteiger partial charge in [0, 0.05) is 6.26 Å². The smallest absolute Gasteiger partial charge is 0.206 e. The summed E-state index contributed by atoms with van der Waals surface area (Å²) in [6, 6.07) is 70.5. The van der Waals surface area contributed by atoms with Crippen LogP contribution in [-0.2, 0) is 45.8 Å². The molecule has 79 heavy (non-hydrogen) atoms. The Labute approximate surface area is 461 Å². The molecule has 0 aliphatic carbocycles. The van der Waals surface area contributed by atoms with E-state index in [0.29, 0.717) is 29.4 Å². The SMILES string of the molecule is Cc1ccc(S(=O)(=O)c2ccc(Oc3ccc(-c4ccc(Oc5ccccc5)cc4)cc3)cc2)cc1.Cc1ccc(S(=O)(=O)c2ccc(Oc3ccc(S(=O)(=O)c4ccc(Cc5ccc(S(C)(=O)=O)cc5)cc4)cc3)cc2)cc1. The molecule has 0 amide bonds. The second-order valence-corrected chi connectivity index (χ2v) is 26.3. The Hall–Kier alpha value is -8.60. The first-order chi connectivity index (χ1) is 37.8. The summed E-state index contributed by atoms with van der Waals surface area (Å²) in [5.41, 5.74) is 5.87. The lowest BCUT2D eigenvalue weighted by molar-refractivity contribution is 0.481. The van der Waals surface area contributed by atoms with Crippen molar-refractivity contribution in [3.8, 4) is 45.6 Å². The fraction of sp³-hybridized carbons (Fsp3) is 0.0625. The highest BCUT2D eigenvalue weighted by Gasteiger charge is 2.21. The summed E-state index contributed by atoms with van der Waals surface area (Å²) in [6.07, 6.45) is 1.68. The number of ether oxygens (including phenoxy) is 3. The van der Waals surface area contributed by atoms with Crippen LogP contribution in [0.1, 0.15) is 22.3 Å². The Morgan fingerprint density at radius 1 is 0.266 bits per heavy atom. The van der Waals surface area contributed by atoms with E-state index in [9.17, 15) is 33.7 Å². The number of hydrogen-bond acceptors (Lipinski definition) is 11. The Bertz CT molecular complexity index is 4160. The van der Waals surface area contributed by atoms with Gasteiger partial charge in [-0.15, -0.1) is 0 Å². The van der Waals surface area contributed by atoms with E-state index >= 15 is 0 Å². The van der Waals surface area contributed by atoms with Crippen LogP contribution in [0.2, 0.25) is 0 Å². The lowest BCUT2D eigenvalue weighted by atomic mass is 10.1. The van der Waals surface area contributed by atoms with Crippen LogP contribution in [0.5, 0.6) is 34.5 Å². The summed E-state index contributed by atoms with van der Waals surface area (Å²) in [6.45, 7) is 3.81. The van der Waals surface area contributed by atoms with Crippen LogP contribution in [0, 0.1) is 13.8 Å². The Kier molecular flexibility index (Phi) is 16.5. The van der Waals surface area contributed by atoms with Crippen molar-refractivity contribution >= 4 is 39.3 Å². The van der Waals surface area contributed by atoms with Gasteiger partial charge in [-0.3, -0.25) is 0 Å². The first kappa shape index (κ1) is 55.2. The van der Waals surface area contributed by atoms with Crippen molar-refractivity contribution in [3.63, 3.8) is 0 Å². The fourth-order valence-corrected chi connectivity index (χ4v) is 12.5. The van der Waals surface area contributed by atoms with Crippen LogP contribution in [0.15, 0.2) is 283 Å². The molecular weight excluding hydrogens is 1070 g/mol. The van der Waals surface area contributed by atoms with E-state index in [1.807, 2.05) is 92.7 Å². The van der Waals surface area contributed by atoms with Gasteiger partial charge in [0.05, 0.1) is 34.3 Å². The lowest BCUT2D eigenvalue weighted by Gasteiger charge is -2.10. The standard InChI is InChI=1S/C33H28O7S3.C31H24O4S/c1-24-3-13-30(14-4-24)42(36,37)32-19-9-27(10-20-32)40-28-11-21-33(22-12-28)43(38,39)31-17-7-26(8-18-31)23-25-5-15-29(16-6-25)41(2,34)35;1-23-7-19-30(20-8-23)36(32,33)31-21-17-29(18-22-31)35-28-15-11-25(12-16-28)24-9-13-27(14-10-24)34-26-5-3-2-4-6-26/h3-22H,23H2,1-2H3;2-22H,1H3. The van der Waals surface area contributed by atoms with Crippen LogP contribution in [0.4, 0.5) is 0 Å². The Balaban J connectivity index is 0.000000195. The van der Waals surface area contributed by atoms with E-state index in [1.54, 1.807) is 146 Å². The Morgan fingerprint density at radius 2 is 0.494 bits per heavy atom. The molecule has 0 spiro atoms. The molecule has 0 radical (unpaired) electrons. The summed E-state index contributed by atoms with van der Waals surface area (Å²) in [7, 11) is -14.3. The quantitative estimate of drug-likeness (QED) is 0.0904. The number of para-hydroxylation sites is 1. The molecule has 0 aliphatic heterocycles. The van der Waals surface area contributed by atoms with Crippen LogP contribution < -0.4 is 14.2 Å². The van der Waals surface area contributed by atoms with Gasteiger partial charge in [0.25, 0.3) is 0 Å². The topological polar surface area (TPSA) is 164 Å². The fourth-order valence-electron chi connectivity index (χ4n) is 8.11. The highest BCUT2D eigenvalue weighted by molar-refractivity contribution is 7.92. The van der Waals surface area contributed by atoms with Gasteiger partial charge in [0.1, 0.15) is 34.5 Å². The number of sulfone groups is 4. The molecule has 10 aromatic rings. The molecule has 0 saturated heterocycles. The largest absolute Gasteiger partial charge is 0.457 e.